The fourth-order valence-corrected chi connectivity index (χ4v) is 6.26. The van der Waals surface area contributed by atoms with Crippen LogP contribution in [0.1, 0.15) is 63.5 Å². The Morgan fingerprint density at radius 3 is 2.63 bits per heavy atom. The Morgan fingerprint density at radius 1 is 1.20 bits per heavy atom. The first-order chi connectivity index (χ1) is 17.0. The molecule has 0 radical (unpaired) electrons. The second-order valence-electron chi connectivity index (χ2n) is 9.95. The van der Waals surface area contributed by atoms with Crippen molar-refractivity contribution in [2.75, 3.05) is 36.6 Å². The van der Waals surface area contributed by atoms with E-state index < -0.39 is 5.41 Å². The minimum Gasteiger partial charge on any atom is -0.309 e. The Morgan fingerprint density at radius 2 is 1.94 bits per heavy atom. The van der Waals surface area contributed by atoms with Crippen LogP contribution in [0.4, 0.5) is 16.2 Å². The highest BCUT2D eigenvalue weighted by molar-refractivity contribution is 7.97. The van der Waals surface area contributed by atoms with Crippen LogP contribution >= 0.6 is 11.9 Å². The molecule has 0 bridgehead atoms. The van der Waals surface area contributed by atoms with Gasteiger partial charge in [-0.1, -0.05) is 30.5 Å². The van der Waals surface area contributed by atoms with Crippen LogP contribution in [0.3, 0.4) is 0 Å². The van der Waals surface area contributed by atoms with Crippen molar-refractivity contribution in [3.05, 3.63) is 41.6 Å². The zero-order valence-corrected chi connectivity index (χ0v) is 21.5. The van der Waals surface area contributed by atoms with Gasteiger partial charge in [-0.2, -0.15) is 10.1 Å². The van der Waals surface area contributed by atoms with E-state index in [9.17, 15) is 4.79 Å². The number of benzene rings is 1. The van der Waals surface area contributed by atoms with E-state index in [4.69, 9.17) is 0 Å². The molecular weight excluding hydrogens is 463 g/mol. The molecule has 1 aliphatic carbocycles. The van der Waals surface area contributed by atoms with Gasteiger partial charge >= 0.3 is 0 Å². The Kier molecular flexibility index (Phi) is 7.27. The summed E-state index contributed by atoms with van der Waals surface area (Å²) in [5.41, 5.74) is 1.72. The van der Waals surface area contributed by atoms with Gasteiger partial charge in [-0.15, -0.1) is 0 Å². The summed E-state index contributed by atoms with van der Waals surface area (Å²) in [4.78, 5) is 24.6. The highest BCUT2D eigenvalue weighted by atomic mass is 32.2. The number of piperidine rings is 1. The number of amides is 1. The number of hydrogen-bond donors (Lipinski definition) is 1. The van der Waals surface area contributed by atoms with Crippen LogP contribution in [0.5, 0.6) is 0 Å². The van der Waals surface area contributed by atoms with E-state index in [0.717, 1.165) is 51.1 Å². The molecule has 188 valence electrons. The maximum absolute atomic E-state index is 15.2. The molecule has 1 saturated carbocycles. The topological polar surface area (TPSA) is 64.6 Å². The standard InChI is InChI=1S/C26H35FN6OS/c1-3-12-31(13-4-2)18-19-6-5-7-21(16-19)35-32-14-8-20(9-15-32)33(27)25-28-17-22-23(30-25)29-24(34)26(22)10-11-26/h5-7,16-17,20H,3-4,8-15,18H2,1-2H3,(H,28,29,30,34). The molecule has 9 heteroatoms. The summed E-state index contributed by atoms with van der Waals surface area (Å²) in [6.07, 6.45) is 7.00. The monoisotopic (exact) mass is 498 g/mol. The molecule has 1 N–H and O–H groups in total. The lowest BCUT2D eigenvalue weighted by molar-refractivity contribution is -0.117. The lowest BCUT2D eigenvalue weighted by Crippen LogP contribution is -2.40. The van der Waals surface area contributed by atoms with Crippen molar-refractivity contribution in [3.8, 4) is 0 Å². The predicted molar refractivity (Wildman–Crippen MR) is 138 cm³/mol. The van der Waals surface area contributed by atoms with E-state index in [1.54, 1.807) is 18.1 Å². The molecule has 2 aliphatic heterocycles. The van der Waals surface area contributed by atoms with Gasteiger partial charge in [-0.25, -0.2) is 9.29 Å². The number of nitrogens with one attached hydrogen (secondary N) is 1. The quantitative estimate of drug-likeness (QED) is 0.367. The number of nitrogens with zero attached hydrogens (tertiary/aromatic N) is 5. The Bertz CT molecular complexity index is 1050. The van der Waals surface area contributed by atoms with E-state index in [1.165, 1.54) is 23.3 Å². The third-order valence-electron chi connectivity index (χ3n) is 7.26. The molecule has 1 aromatic carbocycles. The largest absolute Gasteiger partial charge is 0.309 e. The van der Waals surface area contributed by atoms with E-state index in [-0.39, 0.29) is 17.9 Å². The molecule has 1 amide bonds. The van der Waals surface area contributed by atoms with Crippen LogP contribution in [-0.4, -0.2) is 57.3 Å². The number of hydrogen-bond acceptors (Lipinski definition) is 7. The molecule has 2 aromatic rings. The third-order valence-corrected chi connectivity index (χ3v) is 8.35. The van der Waals surface area contributed by atoms with Crippen molar-refractivity contribution >= 4 is 29.6 Å². The molecule has 1 spiro atoms. The van der Waals surface area contributed by atoms with Crippen LogP contribution in [0.2, 0.25) is 0 Å². The minimum absolute atomic E-state index is 0.0257. The van der Waals surface area contributed by atoms with Gasteiger partial charge in [0.15, 0.2) is 0 Å². The number of rotatable bonds is 10. The van der Waals surface area contributed by atoms with Gasteiger partial charge in [0.25, 0.3) is 5.95 Å². The van der Waals surface area contributed by atoms with Crippen molar-refractivity contribution in [1.82, 2.24) is 19.2 Å². The lowest BCUT2D eigenvalue weighted by atomic mass is 10.0. The van der Waals surface area contributed by atoms with E-state index in [0.29, 0.717) is 23.8 Å². The lowest BCUT2D eigenvalue weighted by Gasteiger charge is -2.33. The highest BCUT2D eigenvalue weighted by Crippen LogP contribution is 2.54. The van der Waals surface area contributed by atoms with Crippen molar-refractivity contribution in [2.24, 2.45) is 0 Å². The second kappa shape index (κ2) is 10.4. The smallest absolute Gasteiger partial charge is 0.256 e. The molecule has 7 nitrogen and oxygen atoms in total. The first-order valence-corrected chi connectivity index (χ1v) is 13.7. The summed E-state index contributed by atoms with van der Waals surface area (Å²) in [5.74, 6) is 0.496. The summed E-state index contributed by atoms with van der Waals surface area (Å²) < 4.78 is 17.5. The van der Waals surface area contributed by atoms with Crippen molar-refractivity contribution in [3.63, 3.8) is 0 Å². The fraction of sp³-hybridized carbons (Fsp3) is 0.577. The second-order valence-corrected chi connectivity index (χ2v) is 11.1. The van der Waals surface area contributed by atoms with Gasteiger partial charge in [0.05, 0.1) is 11.5 Å². The van der Waals surface area contributed by atoms with E-state index >= 15 is 4.48 Å². The predicted octanol–water partition coefficient (Wildman–Crippen LogP) is 4.94. The van der Waals surface area contributed by atoms with Crippen LogP contribution in [0, 0.1) is 0 Å². The molecule has 0 atom stereocenters. The first-order valence-electron chi connectivity index (χ1n) is 12.9. The summed E-state index contributed by atoms with van der Waals surface area (Å²) >= 11 is 1.76. The molecule has 0 unspecified atom stereocenters. The summed E-state index contributed by atoms with van der Waals surface area (Å²) in [6.45, 7) is 9.28. The van der Waals surface area contributed by atoms with Gasteiger partial charge in [-0.3, -0.25) is 9.69 Å². The summed E-state index contributed by atoms with van der Waals surface area (Å²) in [5, 5.41) is 3.51. The Balaban J connectivity index is 1.15. The molecule has 1 saturated heterocycles. The van der Waals surface area contributed by atoms with E-state index in [1.807, 2.05) is 0 Å². The average Bonchev–Trinajstić information content (AvgIpc) is 3.61. The summed E-state index contributed by atoms with van der Waals surface area (Å²) in [6, 6.07) is 8.53. The maximum atomic E-state index is 15.2. The number of carbonyl (C=O) groups is 1. The molecule has 3 heterocycles. The van der Waals surface area contributed by atoms with Crippen LogP contribution in [-0.2, 0) is 16.8 Å². The molecule has 35 heavy (non-hydrogen) atoms. The van der Waals surface area contributed by atoms with Crippen molar-refractivity contribution in [1.29, 1.82) is 0 Å². The molecule has 3 aliphatic rings. The molecule has 5 rings (SSSR count). The zero-order chi connectivity index (χ0) is 24.4. The van der Waals surface area contributed by atoms with Gasteiger partial charge in [0.1, 0.15) is 5.82 Å². The molecular formula is C26H35FN6OS. The first kappa shape index (κ1) is 24.5. The number of anilines is 2. The van der Waals surface area contributed by atoms with Gasteiger partial charge in [0.2, 0.25) is 5.91 Å². The normalized spacial score (nSPS) is 19.3. The van der Waals surface area contributed by atoms with Crippen LogP contribution in [0.25, 0.3) is 0 Å². The Hall–Kier alpha value is -2.23. The molecule has 1 aromatic heterocycles. The number of aromatic nitrogens is 2. The number of fused-ring (bicyclic) bond motifs is 2. The Labute approximate surface area is 211 Å². The SMILES string of the molecule is CCCN(CCC)Cc1cccc(SN2CCC(N(F)c3ncc4c(n3)NC(=O)C43CC3)CC2)c1. The number of carbonyl (C=O) groups excluding carboxylic acids is 1. The fourth-order valence-electron chi connectivity index (χ4n) is 5.23. The van der Waals surface area contributed by atoms with Crippen molar-refractivity contribution in [2.45, 2.75) is 75.3 Å². The minimum atomic E-state index is -0.445. The average molecular weight is 499 g/mol. The van der Waals surface area contributed by atoms with Gasteiger partial charge in [0, 0.05) is 36.3 Å². The zero-order valence-electron chi connectivity index (χ0n) is 20.7. The van der Waals surface area contributed by atoms with Gasteiger partial charge < -0.3 is 5.32 Å². The van der Waals surface area contributed by atoms with Gasteiger partial charge in [-0.05, 0) is 81.3 Å². The highest BCUT2D eigenvalue weighted by Gasteiger charge is 2.57. The van der Waals surface area contributed by atoms with Crippen LogP contribution in [0.15, 0.2) is 35.4 Å². The van der Waals surface area contributed by atoms with E-state index in [2.05, 4.69) is 62.6 Å². The van der Waals surface area contributed by atoms with Crippen molar-refractivity contribution < 1.29 is 9.28 Å². The number of halogens is 1. The maximum Gasteiger partial charge on any atom is 0.256 e. The third kappa shape index (κ3) is 5.17. The molecule has 2 fully saturated rings. The summed E-state index contributed by atoms with van der Waals surface area (Å²) in [7, 11) is 0. The van der Waals surface area contributed by atoms with Crippen LogP contribution < -0.4 is 10.4 Å².